The molecular formula is C13H14N6O5S. The third-order valence-corrected chi connectivity index (χ3v) is 4.58. The van der Waals surface area contributed by atoms with Gasteiger partial charge in [-0.15, -0.1) is 0 Å². The second kappa shape index (κ2) is 5.57. The molecule has 1 fully saturated rings. The van der Waals surface area contributed by atoms with E-state index >= 15 is 0 Å². The zero-order valence-electron chi connectivity index (χ0n) is 12.6. The first kappa shape index (κ1) is 16.1. The van der Waals surface area contributed by atoms with E-state index in [1.54, 1.807) is 0 Å². The molecule has 0 saturated carbocycles. The van der Waals surface area contributed by atoms with Gasteiger partial charge in [-0.2, -0.15) is 0 Å². The quantitative estimate of drug-likeness (QED) is 0.295. The average molecular weight is 366 g/mol. The standard InChI is InChI=1S/C13H14N6O5S/c14-8-4-5-10(17-13(23)18-11(5)25)19(9(4)16-2-15-8)12-7(22)6(21)3(1-20)24-12/h2-3,6-7,12,20-22H,1H2,(H2,14,15,16)(H2,17,18,23,25). The van der Waals surface area contributed by atoms with Crippen LogP contribution in [0.4, 0.5) is 5.82 Å². The van der Waals surface area contributed by atoms with E-state index in [0.717, 1.165) is 0 Å². The molecule has 7 N–H and O–H groups in total. The van der Waals surface area contributed by atoms with Crippen LogP contribution in [0.3, 0.4) is 0 Å². The van der Waals surface area contributed by atoms with Gasteiger partial charge in [0.15, 0.2) is 6.23 Å². The maximum Gasteiger partial charge on any atom is 0.325 e. The van der Waals surface area contributed by atoms with Crippen LogP contribution in [0.5, 0.6) is 0 Å². The first-order valence-electron chi connectivity index (χ1n) is 7.33. The van der Waals surface area contributed by atoms with Gasteiger partial charge < -0.3 is 25.8 Å². The number of nitrogens with two attached hydrogens (primary N) is 1. The fourth-order valence-corrected chi connectivity index (χ4v) is 3.44. The number of aromatic amines is 2. The monoisotopic (exact) mass is 366 g/mol. The molecule has 4 unspecified atom stereocenters. The van der Waals surface area contributed by atoms with Gasteiger partial charge >= 0.3 is 5.69 Å². The molecule has 1 aliphatic heterocycles. The number of ether oxygens (including phenoxy) is 1. The van der Waals surface area contributed by atoms with Crippen molar-refractivity contribution in [2.75, 3.05) is 12.3 Å². The molecule has 4 heterocycles. The van der Waals surface area contributed by atoms with Crippen molar-refractivity contribution >= 4 is 40.1 Å². The highest BCUT2D eigenvalue weighted by Crippen LogP contribution is 2.37. The summed E-state index contributed by atoms with van der Waals surface area (Å²) in [5.41, 5.74) is 5.85. The predicted molar refractivity (Wildman–Crippen MR) is 88.3 cm³/mol. The molecule has 1 saturated heterocycles. The topological polar surface area (TPSA) is 175 Å². The van der Waals surface area contributed by atoms with E-state index in [1.807, 2.05) is 0 Å². The fraction of sp³-hybridized carbons (Fsp3) is 0.385. The summed E-state index contributed by atoms with van der Waals surface area (Å²) in [5.74, 6) is 0.132. The largest absolute Gasteiger partial charge is 0.394 e. The number of nitrogen functional groups attached to an aromatic ring is 1. The second-order valence-corrected chi connectivity index (χ2v) is 6.10. The minimum absolute atomic E-state index is 0.121. The number of rotatable bonds is 2. The molecule has 0 spiro atoms. The molecular weight excluding hydrogens is 352 g/mol. The average Bonchev–Trinajstić information content (AvgIpc) is 3.04. The van der Waals surface area contributed by atoms with E-state index in [-0.39, 0.29) is 21.8 Å². The van der Waals surface area contributed by atoms with Crippen LogP contribution >= 0.6 is 12.2 Å². The van der Waals surface area contributed by atoms with Crippen molar-refractivity contribution in [2.24, 2.45) is 0 Å². The van der Waals surface area contributed by atoms with Crippen molar-refractivity contribution in [2.45, 2.75) is 24.5 Å². The van der Waals surface area contributed by atoms with Crippen LogP contribution in [-0.2, 0) is 4.74 Å². The lowest BCUT2D eigenvalue weighted by atomic mass is 10.1. The van der Waals surface area contributed by atoms with Gasteiger partial charge in [-0.25, -0.2) is 14.8 Å². The Labute approximate surface area is 143 Å². The van der Waals surface area contributed by atoms with E-state index in [2.05, 4.69) is 19.9 Å². The molecule has 0 aliphatic carbocycles. The molecule has 25 heavy (non-hydrogen) atoms. The summed E-state index contributed by atoms with van der Waals surface area (Å²) >= 11 is 5.22. The van der Waals surface area contributed by atoms with Crippen molar-refractivity contribution in [3.05, 3.63) is 21.5 Å². The Morgan fingerprint density at radius 3 is 2.72 bits per heavy atom. The number of aromatic nitrogens is 5. The molecule has 3 aromatic heterocycles. The summed E-state index contributed by atoms with van der Waals surface area (Å²) in [6.07, 6.45) is -3.57. The summed E-state index contributed by atoms with van der Waals surface area (Å²) in [7, 11) is 0. The molecule has 4 rings (SSSR count). The van der Waals surface area contributed by atoms with Crippen molar-refractivity contribution in [1.29, 1.82) is 0 Å². The first-order chi connectivity index (χ1) is 11.9. The first-order valence-corrected chi connectivity index (χ1v) is 7.74. The van der Waals surface area contributed by atoms with Crippen LogP contribution in [0, 0.1) is 4.64 Å². The minimum atomic E-state index is -1.37. The Kier molecular flexibility index (Phi) is 3.59. The molecule has 1 aliphatic rings. The molecule has 132 valence electrons. The number of hydrogen-bond acceptors (Lipinski definition) is 9. The molecule has 12 heteroatoms. The van der Waals surface area contributed by atoms with Gasteiger partial charge in [-0.1, -0.05) is 12.2 Å². The smallest absolute Gasteiger partial charge is 0.325 e. The number of aliphatic hydroxyl groups is 3. The maximum atomic E-state index is 11.8. The van der Waals surface area contributed by atoms with Crippen LogP contribution in [0.15, 0.2) is 11.1 Å². The van der Waals surface area contributed by atoms with E-state index < -0.39 is 36.8 Å². The lowest BCUT2D eigenvalue weighted by molar-refractivity contribution is -0.0492. The summed E-state index contributed by atoms with van der Waals surface area (Å²) in [6.45, 7) is -0.487. The van der Waals surface area contributed by atoms with E-state index in [4.69, 9.17) is 22.7 Å². The van der Waals surface area contributed by atoms with Gasteiger partial charge in [0.1, 0.15) is 46.4 Å². The molecule has 0 radical (unpaired) electrons. The van der Waals surface area contributed by atoms with Crippen LogP contribution in [0.25, 0.3) is 22.1 Å². The summed E-state index contributed by atoms with van der Waals surface area (Å²) < 4.78 is 7.07. The zero-order valence-corrected chi connectivity index (χ0v) is 13.4. The molecule has 4 atom stereocenters. The summed E-state index contributed by atoms with van der Waals surface area (Å²) in [4.78, 5) is 25.0. The van der Waals surface area contributed by atoms with E-state index in [0.29, 0.717) is 10.8 Å². The van der Waals surface area contributed by atoms with Crippen LogP contribution in [-0.4, -0.2) is 64.7 Å². The van der Waals surface area contributed by atoms with E-state index in [9.17, 15) is 20.1 Å². The summed E-state index contributed by atoms with van der Waals surface area (Å²) in [6, 6.07) is 0. The Morgan fingerprint density at radius 2 is 2.04 bits per heavy atom. The number of fused-ring (bicyclic) bond motifs is 3. The number of nitrogens with one attached hydrogen (secondary N) is 2. The number of hydrogen-bond donors (Lipinski definition) is 6. The number of aliphatic hydroxyl groups excluding tert-OH is 3. The lowest BCUT2D eigenvalue weighted by Gasteiger charge is -2.18. The highest BCUT2D eigenvalue weighted by atomic mass is 32.1. The summed E-state index contributed by atoms with van der Waals surface area (Å²) in [5, 5.41) is 30.4. The minimum Gasteiger partial charge on any atom is -0.394 e. The molecule has 0 amide bonds. The fourth-order valence-electron chi connectivity index (χ4n) is 3.15. The SMILES string of the molecule is Nc1ncnc2c1c1c(=S)[nH]c(=O)[nH]c1n2C1OC(CO)C(O)C1O. The van der Waals surface area contributed by atoms with Crippen molar-refractivity contribution in [3.63, 3.8) is 0 Å². The highest BCUT2D eigenvalue weighted by Gasteiger charge is 2.44. The number of anilines is 1. The molecule has 0 bridgehead atoms. The Hall–Kier alpha value is -2.38. The second-order valence-electron chi connectivity index (χ2n) is 5.69. The number of nitrogens with zero attached hydrogens (tertiary/aromatic N) is 3. The van der Waals surface area contributed by atoms with Gasteiger partial charge in [-0.05, 0) is 0 Å². The van der Waals surface area contributed by atoms with Gasteiger partial charge in [0.05, 0.1) is 17.4 Å². The molecule has 11 nitrogen and oxygen atoms in total. The molecule has 3 aromatic rings. The Morgan fingerprint density at radius 1 is 1.28 bits per heavy atom. The third-order valence-electron chi connectivity index (χ3n) is 4.27. The van der Waals surface area contributed by atoms with Gasteiger partial charge in [-0.3, -0.25) is 14.5 Å². The lowest BCUT2D eigenvalue weighted by Crippen LogP contribution is -2.33. The van der Waals surface area contributed by atoms with Crippen molar-refractivity contribution in [1.82, 2.24) is 24.5 Å². The Bertz CT molecular complexity index is 1090. The van der Waals surface area contributed by atoms with Gasteiger partial charge in [0, 0.05) is 0 Å². The highest BCUT2D eigenvalue weighted by molar-refractivity contribution is 7.71. The molecule has 0 aromatic carbocycles. The van der Waals surface area contributed by atoms with Gasteiger partial charge in [0.25, 0.3) is 0 Å². The van der Waals surface area contributed by atoms with Gasteiger partial charge in [0.2, 0.25) is 0 Å². The zero-order chi connectivity index (χ0) is 17.9. The maximum absolute atomic E-state index is 11.8. The van der Waals surface area contributed by atoms with Crippen LogP contribution < -0.4 is 11.4 Å². The number of H-pyrrole nitrogens is 2. The predicted octanol–water partition coefficient (Wildman–Crippen LogP) is -1.48. The van der Waals surface area contributed by atoms with Crippen molar-refractivity contribution < 1.29 is 20.1 Å². The Balaban J connectivity index is 2.11. The van der Waals surface area contributed by atoms with Crippen LogP contribution in [0.1, 0.15) is 6.23 Å². The third kappa shape index (κ3) is 2.19. The van der Waals surface area contributed by atoms with Crippen LogP contribution in [0.2, 0.25) is 0 Å². The van der Waals surface area contributed by atoms with E-state index in [1.165, 1.54) is 10.9 Å². The normalized spacial score (nSPS) is 26.7. The van der Waals surface area contributed by atoms with Crippen molar-refractivity contribution in [3.8, 4) is 0 Å².